The molecule has 19 heavy (non-hydrogen) atoms. The first-order valence-corrected chi connectivity index (χ1v) is 6.89. The fourth-order valence-corrected chi connectivity index (χ4v) is 2.58. The molecule has 0 radical (unpaired) electrons. The Labute approximate surface area is 123 Å². The molecule has 1 saturated heterocycles. The largest absolute Gasteiger partial charge is 0.380 e. The Morgan fingerprint density at radius 3 is 2.26 bits per heavy atom. The van der Waals surface area contributed by atoms with Gasteiger partial charge < -0.3 is 15.4 Å². The zero-order chi connectivity index (χ0) is 13.8. The van der Waals surface area contributed by atoms with Gasteiger partial charge in [0, 0.05) is 26.7 Å². The zero-order valence-electron chi connectivity index (χ0n) is 12.6. The SMILES string of the molecule is COC(CN)CC(=O)N1CCC(C(C)(C)C)CC1.Cl. The van der Waals surface area contributed by atoms with Crippen LogP contribution in [0.1, 0.15) is 40.0 Å². The maximum atomic E-state index is 12.1. The first kappa shape index (κ1) is 18.7. The molecule has 0 spiro atoms. The highest BCUT2D eigenvalue weighted by molar-refractivity contribution is 5.85. The van der Waals surface area contributed by atoms with Gasteiger partial charge >= 0.3 is 0 Å². The molecule has 0 bridgehead atoms. The Morgan fingerprint density at radius 2 is 1.89 bits per heavy atom. The molecule has 1 unspecified atom stereocenters. The molecule has 114 valence electrons. The molecule has 1 aliphatic rings. The van der Waals surface area contributed by atoms with Crippen LogP contribution < -0.4 is 5.73 Å². The van der Waals surface area contributed by atoms with E-state index in [1.54, 1.807) is 7.11 Å². The number of carbonyl (C=O) groups excluding carboxylic acids is 1. The number of hydrogen-bond donors (Lipinski definition) is 1. The van der Waals surface area contributed by atoms with Gasteiger partial charge in [-0.05, 0) is 24.2 Å². The van der Waals surface area contributed by atoms with Crippen LogP contribution in [0.15, 0.2) is 0 Å². The van der Waals surface area contributed by atoms with Crippen molar-refractivity contribution in [3.63, 3.8) is 0 Å². The fraction of sp³-hybridized carbons (Fsp3) is 0.929. The highest BCUT2D eigenvalue weighted by Crippen LogP contribution is 2.34. The first-order chi connectivity index (χ1) is 8.38. The van der Waals surface area contributed by atoms with Gasteiger partial charge in [-0.1, -0.05) is 20.8 Å². The summed E-state index contributed by atoms with van der Waals surface area (Å²) in [6.07, 6.45) is 2.48. The summed E-state index contributed by atoms with van der Waals surface area (Å²) in [5.41, 5.74) is 5.89. The predicted octanol–water partition coefficient (Wildman–Crippen LogP) is 2.06. The molecule has 2 N–H and O–H groups in total. The van der Waals surface area contributed by atoms with Crippen molar-refractivity contribution in [3.8, 4) is 0 Å². The molecule has 1 fully saturated rings. The van der Waals surface area contributed by atoms with E-state index >= 15 is 0 Å². The highest BCUT2D eigenvalue weighted by atomic mass is 35.5. The number of halogens is 1. The predicted molar refractivity (Wildman–Crippen MR) is 80.5 cm³/mol. The summed E-state index contributed by atoms with van der Waals surface area (Å²) in [5, 5.41) is 0. The van der Waals surface area contributed by atoms with Crippen LogP contribution in [0.5, 0.6) is 0 Å². The third-order valence-corrected chi connectivity index (χ3v) is 4.07. The van der Waals surface area contributed by atoms with Crippen LogP contribution in [0, 0.1) is 11.3 Å². The van der Waals surface area contributed by atoms with E-state index in [9.17, 15) is 4.79 Å². The Bertz CT molecular complexity index is 267. The lowest BCUT2D eigenvalue weighted by Crippen LogP contribution is -2.43. The van der Waals surface area contributed by atoms with Gasteiger partial charge in [0.2, 0.25) is 5.91 Å². The summed E-state index contributed by atoms with van der Waals surface area (Å²) in [6.45, 7) is 9.00. The number of hydrogen-bond acceptors (Lipinski definition) is 3. The molecule has 0 saturated carbocycles. The molecule has 1 heterocycles. The Kier molecular flexibility index (Phi) is 7.94. The standard InChI is InChI=1S/C14H28N2O2.ClH/c1-14(2,3)11-5-7-16(8-6-11)13(17)9-12(10-15)18-4;/h11-12H,5-10,15H2,1-4H3;1H. The maximum Gasteiger partial charge on any atom is 0.225 e. The van der Waals surface area contributed by atoms with Crippen LogP contribution in [-0.2, 0) is 9.53 Å². The van der Waals surface area contributed by atoms with Crippen molar-refractivity contribution in [2.24, 2.45) is 17.1 Å². The molecular formula is C14H29ClN2O2. The topological polar surface area (TPSA) is 55.6 Å². The lowest BCUT2D eigenvalue weighted by molar-refractivity contribution is -0.135. The molecule has 5 heteroatoms. The summed E-state index contributed by atoms with van der Waals surface area (Å²) in [6, 6.07) is 0. The van der Waals surface area contributed by atoms with Crippen molar-refractivity contribution < 1.29 is 9.53 Å². The van der Waals surface area contributed by atoms with Gasteiger partial charge in [0.1, 0.15) is 0 Å². The third-order valence-electron chi connectivity index (χ3n) is 4.07. The monoisotopic (exact) mass is 292 g/mol. The van der Waals surface area contributed by atoms with Crippen LogP contribution in [0.3, 0.4) is 0 Å². The van der Waals surface area contributed by atoms with Crippen molar-refractivity contribution in [2.45, 2.75) is 46.1 Å². The van der Waals surface area contributed by atoms with Crippen LogP contribution >= 0.6 is 12.4 Å². The number of amides is 1. The number of piperidine rings is 1. The molecule has 0 aromatic rings. The third kappa shape index (κ3) is 5.67. The normalized spacial score (nSPS) is 18.9. The van der Waals surface area contributed by atoms with Gasteiger partial charge in [-0.2, -0.15) is 0 Å². The molecule has 1 rings (SSSR count). The van der Waals surface area contributed by atoms with Gasteiger partial charge in [-0.15, -0.1) is 12.4 Å². The molecule has 0 aromatic carbocycles. The minimum Gasteiger partial charge on any atom is -0.380 e. The minimum atomic E-state index is -0.141. The second-order valence-corrected chi connectivity index (χ2v) is 6.32. The molecule has 1 amide bonds. The van der Waals surface area contributed by atoms with Crippen LogP contribution in [-0.4, -0.2) is 43.7 Å². The number of likely N-dealkylation sites (tertiary alicyclic amines) is 1. The van der Waals surface area contributed by atoms with Crippen molar-refractivity contribution >= 4 is 18.3 Å². The van der Waals surface area contributed by atoms with Gasteiger partial charge in [0.15, 0.2) is 0 Å². The van der Waals surface area contributed by atoms with E-state index in [0.29, 0.717) is 24.3 Å². The van der Waals surface area contributed by atoms with Crippen LogP contribution in [0.25, 0.3) is 0 Å². The number of nitrogens with zero attached hydrogens (tertiary/aromatic N) is 1. The summed E-state index contributed by atoms with van der Waals surface area (Å²) in [7, 11) is 1.61. The van der Waals surface area contributed by atoms with Crippen molar-refractivity contribution in [1.29, 1.82) is 0 Å². The maximum absolute atomic E-state index is 12.1. The zero-order valence-corrected chi connectivity index (χ0v) is 13.5. The van der Waals surface area contributed by atoms with E-state index in [2.05, 4.69) is 20.8 Å². The lowest BCUT2D eigenvalue weighted by Gasteiger charge is -2.39. The van der Waals surface area contributed by atoms with Crippen molar-refractivity contribution in [2.75, 3.05) is 26.7 Å². The molecule has 4 nitrogen and oxygen atoms in total. The highest BCUT2D eigenvalue weighted by Gasteiger charge is 2.30. The van der Waals surface area contributed by atoms with E-state index in [-0.39, 0.29) is 24.4 Å². The summed E-state index contributed by atoms with van der Waals surface area (Å²) >= 11 is 0. The van der Waals surface area contributed by atoms with Crippen molar-refractivity contribution in [1.82, 2.24) is 4.90 Å². The van der Waals surface area contributed by atoms with Gasteiger partial charge in [-0.25, -0.2) is 0 Å². The Balaban J connectivity index is 0.00000324. The average molecular weight is 293 g/mol. The van der Waals surface area contributed by atoms with E-state index in [4.69, 9.17) is 10.5 Å². The number of nitrogens with two attached hydrogens (primary N) is 1. The molecule has 1 atom stereocenters. The number of ether oxygens (including phenoxy) is 1. The van der Waals surface area contributed by atoms with Crippen LogP contribution in [0.4, 0.5) is 0 Å². The Hall–Kier alpha value is -0.320. The molecule has 0 aromatic heterocycles. The quantitative estimate of drug-likeness (QED) is 0.863. The smallest absolute Gasteiger partial charge is 0.225 e. The molecule has 0 aliphatic carbocycles. The van der Waals surface area contributed by atoms with E-state index in [1.165, 1.54) is 0 Å². The molecule has 1 aliphatic heterocycles. The number of carbonyl (C=O) groups is 1. The number of methoxy groups -OCH3 is 1. The summed E-state index contributed by atoms with van der Waals surface area (Å²) in [5.74, 6) is 0.897. The summed E-state index contributed by atoms with van der Waals surface area (Å²) < 4.78 is 5.16. The van der Waals surface area contributed by atoms with E-state index in [1.807, 2.05) is 4.90 Å². The van der Waals surface area contributed by atoms with Gasteiger partial charge in [-0.3, -0.25) is 4.79 Å². The first-order valence-electron chi connectivity index (χ1n) is 6.89. The van der Waals surface area contributed by atoms with E-state index < -0.39 is 0 Å². The Morgan fingerprint density at radius 1 is 1.37 bits per heavy atom. The minimum absolute atomic E-state index is 0. The van der Waals surface area contributed by atoms with Crippen LogP contribution in [0.2, 0.25) is 0 Å². The average Bonchev–Trinajstić information content (AvgIpc) is 2.34. The van der Waals surface area contributed by atoms with Crippen molar-refractivity contribution in [3.05, 3.63) is 0 Å². The van der Waals surface area contributed by atoms with E-state index in [0.717, 1.165) is 25.9 Å². The fourth-order valence-electron chi connectivity index (χ4n) is 2.58. The van der Waals surface area contributed by atoms with Gasteiger partial charge in [0.25, 0.3) is 0 Å². The second-order valence-electron chi connectivity index (χ2n) is 6.32. The summed E-state index contributed by atoms with van der Waals surface area (Å²) in [4.78, 5) is 14.0. The lowest BCUT2D eigenvalue weighted by atomic mass is 9.75. The second kappa shape index (κ2) is 8.08. The number of rotatable bonds is 4. The molecular weight excluding hydrogens is 264 g/mol. The van der Waals surface area contributed by atoms with Gasteiger partial charge in [0.05, 0.1) is 12.5 Å².